The van der Waals surface area contributed by atoms with Crippen molar-refractivity contribution in [3.63, 3.8) is 0 Å². The molecule has 0 spiro atoms. The van der Waals surface area contributed by atoms with E-state index in [0.717, 1.165) is 4.90 Å². The van der Waals surface area contributed by atoms with Crippen molar-refractivity contribution >= 4 is 40.3 Å². The number of carbonyl (C=O) groups excluding carboxylic acids is 3. The van der Waals surface area contributed by atoms with Gasteiger partial charge < -0.3 is 16.4 Å². The third-order valence-corrected chi connectivity index (χ3v) is 6.12. The quantitative estimate of drug-likeness (QED) is 0.536. The number of aromatic nitrogens is 1. The number of carbonyl (C=O) groups is 3. The molecular weight excluding hydrogens is 468 g/mol. The summed E-state index contributed by atoms with van der Waals surface area (Å²) in [5, 5.41) is 0.880. The molecule has 0 unspecified atom stereocenters. The number of primary amides is 1. The van der Waals surface area contributed by atoms with E-state index in [-0.39, 0.29) is 11.5 Å². The molecule has 34 heavy (non-hydrogen) atoms. The summed E-state index contributed by atoms with van der Waals surface area (Å²) in [5.74, 6) is -1.75. The zero-order chi connectivity index (χ0) is 24.6. The lowest BCUT2D eigenvalue weighted by atomic mass is 10.1. The highest BCUT2D eigenvalue weighted by Crippen LogP contribution is 2.27. The van der Waals surface area contributed by atoms with Gasteiger partial charge in [0.2, 0.25) is 5.91 Å². The van der Waals surface area contributed by atoms with Crippen LogP contribution in [0.5, 0.6) is 0 Å². The van der Waals surface area contributed by atoms with Crippen molar-refractivity contribution < 1.29 is 23.3 Å². The minimum Gasteiger partial charge on any atom is -0.351 e. The molecule has 3 aromatic rings. The van der Waals surface area contributed by atoms with Crippen molar-refractivity contribution in [2.75, 3.05) is 6.54 Å². The van der Waals surface area contributed by atoms with Crippen LogP contribution in [0, 0.1) is 0 Å². The summed E-state index contributed by atoms with van der Waals surface area (Å²) in [6.45, 7) is -0.885. The van der Waals surface area contributed by atoms with Crippen molar-refractivity contribution in [3.05, 3.63) is 70.9 Å². The number of rotatable bonds is 5. The maximum absolute atomic E-state index is 14.8. The Hall–Kier alpha value is -3.50. The zero-order valence-electron chi connectivity index (χ0n) is 17.9. The number of fused-ring (bicyclic) bond motifs is 1. The molecule has 3 atom stereocenters. The van der Waals surface area contributed by atoms with Crippen LogP contribution < -0.4 is 11.5 Å². The van der Waals surface area contributed by atoms with Gasteiger partial charge in [0.25, 0.3) is 5.91 Å². The molecule has 0 saturated carbocycles. The van der Waals surface area contributed by atoms with Crippen LogP contribution in [0.4, 0.5) is 13.7 Å². The van der Waals surface area contributed by atoms with E-state index >= 15 is 0 Å². The predicted molar refractivity (Wildman–Crippen MR) is 122 cm³/mol. The standard InChI is InChI=1S/C23H22ClF2N5O3/c24-15-5-3-4-13(8-15)10-31(26)22(33)21-20(27)17(25)12-30(21)19(32)9-14-11-29(23(28)34)18-7-2-1-6-16(14)18/h1-8,11,17,20-21H,9-10,12,27H2,(H2,28,34)/t17-,20+,21-/m0/s1. The van der Waals surface area contributed by atoms with E-state index in [4.69, 9.17) is 23.1 Å². The number of alkyl halides is 1. The van der Waals surface area contributed by atoms with Crippen LogP contribution in [0.3, 0.4) is 0 Å². The van der Waals surface area contributed by atoms with E-state index in [2.05, 4.69) is 0 Å². The summed E-state index contributed by atoms with van der Waals surface area (Å²) >= 11 is 5.90. The Morgan fingerprint density at radius 2 is 1.88 bits per heavy atom. The van der Waals surface area contributed by atoms with Gasteiger partial charge in [-0.05, 0) is 29.3 Å². The number of hydrogen-bond acceptors (Lipinski definition) is 4. The predicted octanol–water partition coefficient (Wildman–Crippen LogP) is 2.55. The highest BCUT2D eigenvalue weighted by atomic mass is 35.5. The Morgan fingerprint density at radius 3 is 2.59 bits per heavy atom. The summed E-state index contributed by atoms with van der Waals surface area (Å²) < 4.78 is 30.5. The van der Waals surface area contributed by atoms with Gasteiger partial charge in [0, 0.05) is 16.6 Å². The Labute approximate surface area is 198 Å². The summed E-state index contributed by atoms with van der Waals surface area (Å²) in [4.78, 5) is 38.7. The van der Waals surface area contributed by atoms with E-state index in [1.54, 1.807) is 42.5 Å². The third-order valence-electron chi connectivity index (χ3n) is 5.89. The van der Waals surface area contributed by atoms with E-state index in [0.29, 0.717) is 27.1 Å². The van der Waals surface area contributed by atoms with Gasteiger partial charge in [0.1, 0.15) is 12.2 Å². The molecule has 1 fully saturated rings. The first-order chi connectivity index (χ1) is 16.2. The second-order valence-corrected chi connectivity index (χ2v) is 8.57. The molecule has 1 aliphatic heterocycles. The molecule has 1 aliphatic rings. The number of nitrogens with zero attached hydrogens (tertiary/aromatic N) is 3. The number of likely N-dealkylation sites (tertiary alicyclic amines) is 1. The normalized spacial score (nSPS) is 20.0. The molecule has 4 N–H and O–H groups in total. The van der Waals surface area contributed by atoms with Crippen LogP contribution in [0.15, 0.2) is 54.7 Å². The second kappa shape index (κ2) is 9.40. The summed E-state index contributed by atoms with van der Waals surface area (Å²) in [7, 11) is 0. The van der Waals surface area contributed by atoms with E-state index in [9.17, 15) is 23.3 Å². The SMILES string of the molecule is NC(=O)n1cc(CC(=O)N2C[C@H](F)[C@@H](N)[C@H]2C(=O)N(F)Cc2cccc(Cl)c2)c2ccccc21. The summed E-state index contributed by atoms with van der Waals surface area (Å²) in [6, 6.07) is 9.46. The average molecular weight is 490 g/mol. The van der Waals surface area contributed by atoms with E-state index in [1.165, 1.54) is 16.8 Å². The molecule has 0 aliphatic carbocycles. The van der Waals surface area contributed by atoms with Crippen LogP contribution in [-0.4, -0.2) is 57.2 Å². The van der Waals surface area contributed by atoms with Crippen molar-refractivity contribution in [3.8, 4) is 0 Å². The highest BCUT2D eigenvalue weighted by molar-refractivity contribution is 6.30. The smallest absolute Gasteiger partial charge is 0.323 e. The fraction of sp³-hybridized carbons (Fsp3) is 0.261. The van der Waals surface area contributed by atoms with Crippen LogP contribution in [-0.2, 0) is 22.6 Å². The van der Waals surface area contributed by atoms with Crippen LogP contribution in [0.2, 0.25) is 5.02 Å². The Bertz CT molecular complexity index is 1270. The number of amides is 3. The lowest BCUT2D eigenvalue weighted by molar-refractivity contribution is -0.156. The van der Waals surface area contributed by atoms with Gasteiger partial charge >= 0.3 is 6.03 Å². The molecule has 2 heterocycles. The van der Waals surface area contributed by atoms with Gasteiger partial charge in [-0.3, -0.25) is 14.2 Å². The zero-order valence-corrected chi connectivity index (χ0v) is 18.7. The van der Waals surface area contributed by atoms with Gasteiger partial charge in [-0.25, -0.2) is 9.18 Å². The summed E-state index contributed by atoms with van der Waals surface area (Å²) in [6.07, 6.45) is -0.542. The fourth-order valence-corrected chi connectivity index (χ4v) is 4.45. The second-order valence-electron chi connectivity index (χ2n) is 8.13. The molecule has 1 aromatic heterocycles. The van der Waals surface area contributed by atoms with Crippen LogP contribution in [0.25, 0.3) is 10.9 Å². The molecule has 3 amide bonds. The molecule has 8 nitrogen and oxygen atoms in total. The molecule has 178 valence electrons. The topological polar surface area (TPSA) is 115 Å². The molecule has 1 saturated heterocycles. The Balaban J connectivity index is 1.57. The largest absolute Gasteiger partial charge is 0.351 e. The number of hydrogen-bond donors (Lipinski definition) is 2. The van der Waals surface area contributed by atoms with Crippen molar-refractivity contribution in [1.29, 1.82) is 0 Å². The fourth-order valence-electron chi connectivity index (χ4n) is 4.24. The minimum absolute atomic E-state index is 0.0898. The maximum atomic E-state index is 14.8. The van der Waals surface area contributed by atoms with Crippen LogP contribution in [0.1, 0.15) is 11.1 Å². The first-order valence-electron chi connectivity index (χ1n) is 10.5. The first kappa shape index (κ1) is 23.7. The number of para-hydroxylation sites is 1. The monoisotopic (exact) mass is 489 g/mol. The third kappa shape index (κ3) is 4.46. The van der Waals surface area contributed by atoms with Gasteiger partial charge in [-0.2, -0.15) is 5.12 Å². The van der Waals surface area contributed by atoms with Crippen LogP contribution >= 0.6 is 11.6 Å². The van der Waals surface area contributed by atoms with Crippen molar-refractivity contribution in [2.24, 2.45) is 11.5 Å². The van der Waals surface area contributed by atoms with Gasteiger partial charge in [-0.15, -0.1) is 0 Å². The molecule has 4 rings (SSSR count). The van der Waals surface area contributed by atoms with Crippen molar-refractivity contribution in [2.45, 2.75) is 31.2 Å². The lowest BCUT2D eigenvalue weighted by Crippen LogP contribution is -2.52. The van der Waals surface area contributed by atoms with Gasteiger partial charge in [-0.1, -0.05) is 46.4 Å². The lowest BCUT2D eigenvalue weighted by Gasteiger charge is -2.27. The highest BCUT2D eigenvalue weighted by Gasteiger charge is 2.48. The van der Waals surface area contributed by atoms with Gasteiger partial charge in [0.15, 0.2) is 0 Å². The maximum Gasteiger partial charge on any atom is 0.323 e. The number of benzene rings is 2. The average Bonchev–Trinajstić information content (AvgIpc) is 3.31. The van der Waals surface area contributed by atoms with E-state index in [1.807, 2.05) is 0 Å². The minimum atomic E-state index is -1.70. The van der Waals surface area contributed by atoms with Crippen molar-refractivity contribution in [1.82, 2.24) is 14.6 Å². The van der Waals surface area contributed by atoms with Gasteiger partial charge in [0.05, 0.1) is 31.1 Å². The Morgan fingerprint density at radius 1 is 1.15 bits per heavy atom. The summed E-state index contributed by atoms with van der Waals surface area (Å²) in [5.41, 5.74) is 12.7. The van der Waals surface area contributed by atoms with E-state index < -0.39 is 49.2 Å². The number of halogens is 3. The Kier molecular flexibility index (Phi) is 6.54. The molecule has 0 radical (unpaired) electrons. The molecule has 0 bridgehead atoms. The molecular formula is C23H22ClF2N5O3. The first-order valence-corrected chi connectivity index (χ1v) is 10.8. The molecule has 2 aromatic carbocycles. The molecule has 11 heteroatoms. The number of nitrogens with two attached hydrogens (primary N) is 2.